The molecule has 0 atom stereocenters. The average Bonchev–Trinajstić information content (AvgIpc) is 3.33. The van der Waals surface area contributed by atoms with Gasteiger partial charge in [0.05, 0.1) is 12.2 Å². The van der Waals surface area contributed by atoms with Crippen molar-refractivity contribution in [3.8, 4) is 0 Å². The molecule has 1 fully saturated rings. The number of halogens is 5. The van der Waals surface area contributed by atoms with Crippen molar-refractivity contribution >= 4 is 17.5 Å². The molecule has 1 saturated carbocycles. The average molecular weight is 485 g/mol. The zero-order chi connectivity index (χ0) is 25.0. The van der Waals surface area contributed by atoms with Crippen LogP contribution in [0.5, 0.6) is 0 Å². The minimum atomic E-state index is -5.72. The molecule has 5 nitrogen and oxygen atoms in total. The minimum Gasteiger partial charge on any atom is -0.331 e. The lowest BCUT2D eigenvalue weighted by atomic mass is 10.0. The first kappa shape index (κ1) is 24.5. The Morgan fingerprint density at radius 1 is 1.09 bits per heavy atom. The van der Waals surface area contributed by atoms with Gasteiger partial charge in [-0.25, -0.2) is 4.98 Å². The molecule has 0 bridgehead atoms. The molecule has 2 heterocycles. The predicted octanol–water partition coefficient (Wildman–Crippen LogP) is 5.57. The monoisotopic (exact) mass is 484 g/mol. The summed E-state index contributed by atoms with van der Waals surface area (Å²) in [5.41, 5.74) is 4.69. The number of hydrogen-bond donors (Lipinski definition) is 0. The molecular formula is C24H29F5N4O. The first-order valence-electron chi connectivity index (χ1n) is 11.5. The molecule has 2 aliphatic rings. The number of imidazole rings is 1. The van der Waals surface area contributed by atoms with Gasteiger partial charge in [-0.15, -0.1) is 0 Å². The summed E-state index contributed by atoms with van der Waals surface area (Å²) >= 11 is 0. The quantitative estimate of drug-likeness (QED) is 0.483. The van der Waals surface area contributed by atoms with Crippen LogP contribution in [0, 0.1) is 26.7 Å². The van der Waals surface area contributed by atoms with Crippen LogP contribution in [0.2, 0.25) is 0 Å². The van der Waals surface area contributed by atoms with Crippen LogP contribution in [0.25, 0.3) is 0 Å². The number of rotatable bonds is 7. The van der Waals surface area contributed by atoms with Crippen molar-refractivity contribution in [1.29, 1.82) is 0 Å². The summed E-state index contributed by atoms with van der Waals surface area (Å²) in [4.78, 5) is 20.8. The van der Waals surface area contributed by atoms with E-state index in [0.717, 1.165) is 22.4 Å². The standard InChI is InChI=1S/C24H29F5N4O/c1-5-18-20(21(34)31(12-17-6-7-17)13-23(25,26)24(27,28)29)33-9-8-32(22(33)30-18)19-15(3)10-14(2)11-16(19)4/h10-11,17H,5-9,12-13H2,1-4H3. The maximum Gasteiger partial charge on any atom is 0.455 e. The Kier molecular flexibility index (Phi) is 6.14. The van der Waals surface area contributed by atoms with Crippen molar-refractivity contribution in [1.82, 2.24) is 14.5 Å². The molecule has 2 aromatic rings. The second-order valence-corrected chi connectivity index (χ2v) is 9.44. The van der Waals surface area contributed by atoms with E-state index in [1.54, 1.807) is 11.5 Å². The van der Waals surface area contributed by atoms with Gasteiger partial charge in [-0.1, -0.05) is 24.6 Å². The van der Waals surface area contributed by atoms with Gasteiger partial charge in [-0.2, -0.15) is 22.0 Å². The fraction of sp³-hybridized carbons (Fsp3) is 0.583. The second kappa shape index (κ2) is 8.53. The van der Waals surface area contributed by atoms with Gasteiger partial charge in [0, 0.05) is 25.3 Å². The number of anilines is 2. The van der Waals surface area contributed by atoms with Crippen LogP contribution in [0.4, 0.5) is 33.6 Å². The van der Waals surface area contributed by atoms with Crippen LogP contribution in [-0.4, -0.2) is 52.1 Å². The van der Waals surface area contributed by atoms with Crippen molar-refractivity contribution in [3.63, 3.8) is 0 Å². The van der Waals surface area contributed by atoms with Gasteiger partial charge in [0.2, 0.25) is 5.95 Å². The Bertz CT molecular complexity index is 1080. The minimum absolute atomic E-state index is 0.0478. The smallest absolute Gasteiger partial charge is 0.331 e. The van der Waals surface area contributed by atoms with Crippen LogP contribution in [0.3, 0.4) is 0 Å². The fourth-order valence-corrected chi connectivity index (χ4v) is 4.81. The molecule has 1 amide bonds. The van der Waals surface area contributed by atoms with Crippen molar-refractivity contribution in [2.24, 2.45) is 5.92 Å². The molecule has 1 aliphatic heterocycles. The highest BCUT2D eigenvalue weighted by Gasteiger charge is 2.59. The number of carbonyl (C=O) groups is 1. The van der Waals surface area contributed by atoms with Gasteiger partial charge in [0.15, 0.2) is 0 Å². The molecule has 10 heteroatoms. The molecule has 0 unspecified atom stereocenters. The van der Waals surface area contributed by atoms with Crippen LogP contribution >= 0.6 is 0 Å². The van der Waals surface area contributed by atoms with Gasteiger partial charge in [-0.05, 0) is 57.1 Å². The summed E-state index contributed by atoms with van der Waals surface area (Å²) in [6.07, 6.45) is -3.94. The number of benzene rings is 1. The zero-order valence-electron chi connectivity index (χ0n) is 19.8. The summed E-state index contributed by atoms with van der Waals surface area (Å²) in [6, 6.07) is 4.11. The number of alkyl halides is 5. The zero-order valence-corrected chi connectivity index (χ0v) is 19.8. The summed E-state index contributed by atoms with van der Waals surface area (Å²) in [6.45, 7) is 6.89. The van der Waals surface area contributed by atoms with Gasteiger partial charge < -0.3 is 14.4 Å². The van der Waals surface area contributed by atoms with Crippen molar-refractivity contribution < 1.29 is 26.7 Å². The van der Waals surface area contributed by atoms with E-state index in [9.17, 15) is 26.7 Å². The van der Waals surface area contributed by atoms with E-state index in [4.69, 9.17) is 0 Å². The summed E-state index contributed by atoms with van der Waals surface area (Å²) in [7, 11) is 0. The number of nitrogens with zero attached hydrogens (tertiary/aromatic N) is 4. The van der Waals surface area contributed by atoms with E-state index in [0.29, 0.717) is 48.9 Å². The van der Waals surface area contributed by atoms with E-state index < -0.39 is 24.6 Å². The van der Waals surface area contributed by atoms with E-state index in [-0.39, 0.29) is 18.2 Å². The molecule has 0 saturated heterocycles. The Morgan fingerprint density at radius 2 is 1.71 bits per heavy atom. The number of aryl methyl sites for hydroxylation is 4. The Morgan fingerprint density at radius 3 is 2.24 bits per heavy atom. The third kappa shape index (κ3) is 4.38. The third-order valence-electron chi connectivity index (χ3n) is 6.52. The first-order valence-corrected chi connectivity index (χ1v) is 11.5. The van der Waals surface area contributed by atoms with Crippen LogP contribution < -0.4 is 4.90 Å². The molecular weight excluding hydrogens is 455 g/mol. The molecule has 34 heavy (non-hydrogen) atoms. The molecule has 4 rings (SSSR count). The van der Waals surface area contributed by atoms with Crippen LogP contribution in [0.15, 0.2) is 12.1 Å². The molecule has 186 valence electrons. The molecule has 1 aromatic carbocycles. The SMILES string of the molecule is CCc1nc2n(c1C(=O)N(CC1CC1)CC(F)(F)C(F)(F)F)CCN2c1c(C)cc(C)cc1C. The highest BCUT2D eigenvalue weighted by Crippen LogP contribution is 2.40. The number of fused-ring (bicyclic) bond motifs is 1. The van der Waals surface area contributed by atoms with Crippen molar-refractivity contribution in [3.05, 3.63) is 40.2 Å². The second-order valence-electron chi connectivity index (χ2n) is 9.44. The number of aromatic nitrogens is 2. The highest BCUT2D eigenvalue weighted by atomic mass is 19.4. The first-order chi connectivity index (χ1) is 15.8. The topological polar surface area (TPSA) is 41.4 Å². The van der Waals surface area contributed by atoms with Crippen LogP contribution in [0.1, 0.15) is 52.6 Å². The highest BCUT2D eigenvalue weighted by molar-refractivity contribution is 5.95. The Hall–Kier alpha value is -2.65. The third-order valence-corrected chi connectivity index (χ3v) is 6.52. The lowest BCUT2D eigenvalue weighted by Crippen LogP contribution is -2.49. The van der Waals surface area contributed by atoms with Crippen molar-refractivity contribution in [2.45, 2.75) is 65.6 Å². The summed E-state index contributed by atoms with van der Waals surface area (Å²) in [5, 5.41) is 0. The maximum absolute atomic E-state index is 14.0. The van der Waals surface area contributed by atoms with Gasteiger partial charge in [-0.3, -0.25) is 4.79 Å². The van der Waals surface area contributed by atoms with Gasteiger partial charge in [0.1, 0.15) is 5.69 Å². The lowest BCUT2D eigenvalue weighted by Gasteiger charge is -2.29. The molecule has 0 spiro atoms. The molecule has 1 aromatic heterocycles. The van der Waals surface area contributed by atoms with Gasteiger partial charge in [0.25, 0.3) is 5.91 Å². The largest absolute Gasteiger partial charge is 0.455 e. The molecule has 0 radical (unpaired) electrons. The summed E-state index contributed by atoms with van der Waals surface area (Å²) < 4.78 is 68.4. The lowest BCUT2D eigenvalue weighted by molar-refractivity contribution is -0.284. The van der Waals surface area contributed by atoms with Crippen molar-refractivity contribution in [2.75, 3.05) is 24.5 Å². The van der Waals surface area contributed by atoms with E-state index >= 15 is 0 Å². The summed E-state index contributed by atoms with van der Waals surface area (Å²) in [5.74, 6) is -5.33. The predicted molar refractivity (Wildman–Crippen MR) is 119 cm³/mol. The normalized spacial score (nSPS) is 16.2. The number of carbonyl (C=O) groups excluding carboxylic acids is 1. The molecule has 1 aliphatic carbocycles. The van der Waals surface area contributed by atoms with Crippen LogP contribution in [-0.2, 0) is 13.0 Å². The van der Waals surface area contributed by atoms with E-state index in [2.05, 4.69) is 17.1 Å². The fourth-order valence-electron chi connectivity index (χ4n) is 4.81. The maximum atomic E-state index is 14.0. The molecule has 0 N–H and O–H groups in total. The van der Waals surface area contributed by atoms with E-state index in [1.807, 2.05) is 25.7 Å². The Labute approximate surface area is 195 Å². The van der Waals surface area contributed by atoms with Gasteiger partial charge >= 0.3 is 12.1 Å². The van der Waals surface area contributed by atoms with E-state index in [1.165, 1.54) is 0 Å². The Balaban J connectivity index is 1.72. The number of amides is 1. The number of hydrogen-bond acceptors (Lipinski definition) is 3.